The SMILES string of the molecule is COC(=O)C(Br)Cc1cc([N+](=O)[O-])c(C)cc1C. The van der Waals surface area contributed by atoms with Crippen LogP contribution in [0.15, 0.2) is 12.1 Å². The van der Waals surface area contributed by atoms with Crippen LogP contribution in [0.5, 0.6) is 0 Å². The lowest BCUT2D eigenvalue weighted by Gasteiger charge is -2.11. The molecular weight excluding hydrogens is 302 g/mol. The number of carbonyl (C=O) groups excluding carboxylic acids is 1. The number of carbonyl (C=O) groups is 1. The molecule has 0 bridgehead atoms. The summed E-state index contributed by atoms with van der Waals surface area (Å²) in [5.41, 5.74) is 2.37. The second-order valence-electron chi connectivity index (χ2n) is 4.02. The molecule has 98 valence electrons. The number of nitrogens with zero attached hydrogens (tertiary/aromatic N) is 1. The van der Waals surface area contributed by atoms with Crippen molar-refractivity contribution in [3.05, 3.63) is 38.9 Å². The van der Waals surface area contributed by atoms with E-state index in [1.54, 1.807) is 13.0 Å². The lowest BCUT2D eigenvalue weighted by Crippen LogP contribution is -2.18. The summed E-state index contributed by atoms with van der Waals surface area (Å²) in [6, 6.07) is 3.27. The van der Waals surface area contributed by atoms with Crippen molar-refractivity contribution in [2.75, 3.05) is 7.11 Å². The molecule has 0 amide bonds. The van der Waals surface area contributed by atoms with Crippen molar-refractivity contribution in [1.82, 2.24) is 0 Å². The van der Waals surface area contributed by atoms with Gasteiger partial charge in [-0.3, -0.25) is 14.9 Å². The van der Waals surface area contributed by atoms with E-state index in [0.29, 0.717) is 12.0 Å². The fourth-order valence-corrected chi connectivity index (χ4v) is 2.24. The first-order valence-corrected chi connectivity index (χ1v) is 6.24. The van der Waals surface area contributed by atoms with Crippen molar-refractivity contribution in [1.29, 1.82) is 0 Å². The van der Waals surface area contributed by atoms with E-state index in [4.69, 9.17) is 0 Å². The zero-order valence-corrected chi connectivity index (χ0v) is 12.0. The smallest absolute Gasteiger partial charge is 0.319 e. The van der Waals surface area contributed by atoms with Gasteiger partial charge in [-0.25, -0.2) is 0 Å². The highest BCUT2D eigenvalue weighted by Crippen LogP contribution is 2.25. The summed E-state index contributed by atoms with van der Waals surface area (Å²) in [7, 11) is 1.31. The number of nitro benzene ring substituents is 1. The predicted octanol–water partition coefficient (Wildman–Crippen LogP) is 2.69. The van der Waals surface area contributed by atoms with Gasteiger partial charge in [0.25, 0.3) is 5.69 Å². The highest BCUT2D eigenvalue weighted by Gasteiger charge is 2.20. The minimum atomic E-state index is -0.497. The molecule has 6 heteroatoms. The van der Waals surface area contributed by atoms with Crippen LogP contribution in [0.4, 0.5) is 5.69 Å². The lowest BCUT2D eigenvalue weighted by molar-refractivity contribution is -0.385. The minimum absolute atomic E-state index is 0.0696. The summed E-state index contributed by atoms with van der Waals surface area (Å²) in [6.45, 7) is 3.56. The van der Waals surface area contributed by atoms with Gasteiger partial charge in [0.1, 0.15) is 4.83 Å². The maximum Gasteiger partial charge on any atom is 0.319 e. The molecule has 0 N–H and O–H groups in total. The number of benzene rings is 1. The van der Waals surface area contributed by atoms with Crippen molar-refractivity contribution in [2.24, 2.45) is 0 Å². The Labute approximate surface area is 113 Å². The summed E-state index contributed by atoms with van der Waals surface area (Å²) in [6.07, 6.45) is 0.361. The van der Waals surface area contributed by atoms with E-state index in [1.807, 2.05) is 6.92 Å². The van der Waals surface area contributed by atoms with Gasteiger partial charge in [0.15, 0.2) is 0 Å². The predicted molar refractivity (Wildman–Crippen MR) is 71.0 cm³/mol. The fraction of sp³-hybridized carbons (Fsp3) is 0.417. The Morgan fingerprint density at radius 1 is 1.44 bits per heavy atom. The van der Waals surface area contributed by atoms with Crippen LogP contribution in [0.1, 0.15) is 16.7 Å². The molecule has 1 unspecified atom stereocenters. The number of methoxy groups -OCH3 is 1. The van der Waals surface area contributed by atoms with Gasteiger partial charge in [0, 0.05) is 11.6 Å². The Morgan fingerprint density at radius 2 is 2.06 bits per heavy atom. The van der Waals surface area contributed by atoms with E-state index in [-0.39, 0.29) is 5.69 Å². The molecule has 1 atom stereocenters. The second kappa shape index (κ2) is 5.95. The first-order valence-electron chi connectivity index (χ1n) is 5.33. The number of halogens is 1. The summed E-state index contributed by atoms with van der Waals surface area (Å²) in [5.74, 6) is -0.391. The number of nitro groups is 1. The van der Waals surface area contributed by atoms with Crippen LogP contribution in [0.25, 0.3) is 0 Å². The number of rotatable bonds is 4. The highest BCUT2D eigenvalue weighted by atomic mass is 79.9. The molecule has 18 heavy (non-hydrogen) atoms. The van der Waals surface area contributed by atoms with Gasteiger partial charge in [-0.1, -0.05) is 15.9 Å². The molecule has 0 saturated heterocycles. The van der Waals surface area contributed by atoms with Crippen LogP contribution in [-0.2, 0) is 16.0 Å². The number of alkyl halides is 1. The fourth-order valence-electron chi connectivity index (χ4n) is 1.70. The van der Waals surface area contributed by atoms with Crippen LogP contribution in [0.3, 0.4) is 0 Å². The quantitative estimate of drug-likeness (QED) is 0.371. The van der Waals surface area contributed by atoms with Crippen molar-refractivity contribution in [3.8, 4) is 0 Å². The highest BCUT2D eigenvalue weighted by molar-refractivity contribution is 9.10. The third-order valence-electron chi connectivity index (χ3n) is 2.71. The molecule has 0 aromatic heterocycles. The van der Waals surface area contributed by atoms with E-state index in [0.717, 1.165) is 11.1 Å². The van der Waals surface area contributed by atoms with Crippen molar-refractivity contribution in [2.45, 2.75) is 25.1 Å². The zero-order valence-electron chi connectivity index (χ0n) is 10.4. The molecule has 0 radical (unpaired) electrons. The summed E-state index contributed by atoms with van der Waals surface area (Å²) in [4.78, 5) is 21.3. The molecule has 0 aliphatic heterocycles. The topological polar surface area (TPSA) is 69.4 Å². The van der Waals surface area contributed by atoms with E-state index >= 15 is 0 Å². The van der Waals surface area contributed by atoms with E-state index in [1.165, 1.54) is 13.2 Å². The monoisotopic (exact) mass is 315 g/mol. The Bertz CT molecular complexity index is 487. The zero-order chi connectivity index (χ0) is 13.9. The third kappa shape index (κ3) is 3.29. The van der Waals surface area contributed by atoms with Gasteiger partial charge >= 0.3 is 5.97 Å². The molecule has 0 fully saturated rings. The molecule has 0 heterocycles. The van der Waals surface area contributed by atoms with Gasteiger partial charge in [0.05, 0.1) is 12.0 Å². The minimum Gasteiger partial charge on any atom is -0.468 e. The maximum atomic E-state index is 11.3. The number of aryl methyl sites for hydroxylation is 2. The first kappa shape index (κ1) is 14.6. The molecule has 1 rings (SSSR count). The molecule has 0 spiro atoms. The molecule has 1 aromatic carbocycles. The van der Waals surface area contributed by atoms with E-state index in [2.05, 4.69) is 20.7 Å². The summed E-state index contributed by atoms with van der Waals surface area (Å²) >= 11 is 3.21. The normalized spacial score (nSPS) is 12.0. The Hall–Kier alpha value is -1.43. The number of esters is 1. The van der Waals surface area contributed by atoms with Gasteiger partial charge in [-0.05, 0) is 37.5 Å². The average molecular weight is 316 g/mol. The molecule has 0 aliphatic carbocycles. The van der Waals surface area contributed by atoms with Gasteiger partial charge in [-0.2, -0.15) is 0 Å². The van der Waals surface area contributed by atoms with Gasteiger partial charge in [0.2, 0.25) is 0 Å². The van der Waals surface area contributed by atoms with Crippen LogP contribution in [0.2, 0.25) is 0 Å². The van der Waals surface area contributed by atoms with Gasteiger partial charge in [-0.15, -0.1) is 0 Å². The van der Waals surface area contributed by atoms with Crippen molar-refractivity contribution >= 4 is 27.6 Å². The largest absolute Gasteiger partial charge is 0.468 e. The van der Waals surface area contributed by atoms with Crippen LogP contribution in [-0.4, -0.2) is 22.8 Å². The number of hydrogen-bond donors (Lipinski definition) is 0. The number of hydrogen-bond acceptors (Lipinski definition) is 4. The first-order chi connectivity index (χ1) is 8.36. The molecular formula is C12H14BrNO4. The molecule has 1 aromatic rings. The van der Waals surface area contributed by atoms with Crippen LogP contribution < -0.4 is 0 Å². The summed E-state index contributed by atoms with van der Waals surface area (Å²) < 4.78 is 4.61. The molecule has 0 aliphatic rings. The Morgan fingerprint density at radius 3 is 2.56 bits per heavy atom. The average Bonchev–Trinajstić information content (AvgIpc) is 2.30. The lowest BCUT2D eigenvalue weighted by atomic mass is 10.00. The summed E-state index contributed by atoms with van der Waals surface area (Å²) in [5, 5.41) is 10.9. The van der Waals surface area contributed by atoms with Crippen LogP contribution >= 0.6 is 15.9 Å². The number of ether oxygens (including phenoxy) is 1. The third-order valence-corrected chi connectivity index (χ3v) is 3.40. The van der Waals surface area contributed by atoms with E-state index in [9.17, 15) is 14.9 Å². The molecule has 0 saturated carbocycles. The van der Waals surface area contributed by atoms with Gasteiger partial charge < -0.3 is 4.74 Å². The Kier molecular flexibility index (Phi) is 4.84. The van der Waals surface area contributed by atoms with E-state index < -0.39 is 15.7 Å². The van der Waals surface area contributed by atoms with Crippen LogP contribution in [0, 0.1) is 24.0 Å². The van der Waals surface area contributed by atoms with Crippen molar-refractivity contribution < 1.29 is 14.5 Å². The standard InChI is InChI=1S/C12H14BrNO4/c1-7-4-8(2)11(14(16)17)6-9(7)5-10(13)12(15)18-3/h4,6,10H,5H2,1-3H3. The Balaban J connectivity index is 3.06. The molecule has 5 nitrogen and oxygen atoms in total. The van der Waals surface area contributed by atoms with Crippen molar-refractivity contribution in [3.63, 3.8) is 0 Å². The maximum absolute atomic E-state index is 11.3. The second-order valence-corrected chi connectivity index (χ2v) is 5.12.